The zero-order chi connectivity index (χ0) is 21.7. The van der Waals surface area contributed by atoms with Crippen molar-refractivity contribution in [3.63, 3.8) is 0 Å². The van der Waals surface area contributed by atoms with Gasteiger partial charge in [0, 0.05) is 31.7 Å². The molecule has 0 spiro atoms. The summed E-state index contributed by atoms with van der Waals surface area (Å²) < 4.78 is 26.9. The van der Waals surface area contributed by atoms with E-state index >= 15 is 0 Å². The Morgan fingerprint density at radius 3 is 2.33 bits per heavy atom. The summed E-state index contributed by atoms with van der Waals surface area (Å²) >= 11 is 0. The van der Waals surface area contributed by atoms with Crippen molar-refractivity contribution in [3.8, 4) is 0 Å². The average molecular weight is 430 g/mol. The van der Waals surface area contributed by atoms with E-state index in [0.29, 0.717) is 37.4 Å². The second-order valence-corrected chi connectivity index (χ2v) is 9.05. The fourth-order valence-electron chi connectivity index (χ4n) is 3.57. The summed E-state index contributed by atoms with van der Waals surface area (Å²) in [6.45, 7) is 5.67. The van der Waals surface area contributed by atoms with E-state index in [4.69, 9.17) is 0 Å². The van der Waals surface area contributed by atoms with Crippen molar-refractivity contribution in [2.24, 2.45) is 0 Å². The third-order valence-electron chi connectivity index (χ3n) is 5.24. The second kappa shape index (κ2) is 9.40. The molecule has 0 aliphatic carbocycles. The fourth-order valence-corrected chi connectivity index (χ4v) is 5.08. The van der Waals surface area contributed by atoms with Crippen LogP contribution < -0.4 is 5.32 Å². The van der Waals surface area contributed by atoms with Gasteiger partial charge in [-0.15, -0.1) is 0 Å². The van der Waals surface area contributed by atoms with Crippen LogP contribution in [0.2, 0.25) is 0 Å². The van der Waals surface area contributed by atoms with Gasteiger partial charge in [0.25, 0.3) is 11.8 Å². The maximum Gasteiger partial charge on any atom is 0.255 e. The average Bonchev–Trinajstić information content (AvgIpc) is 3.29. The van der Waals surface area contributed by atoms with Gasteiger partial charge < -0.3 is 10.2 Å². The highest BCUT2D eigenvalue weighted by Gasteiger charge is 2.24. The number of carbonyl (C=O) groups excluding carboxylic acids is 2. The molecule has 1 aliphatic heterocycles. The number of nitrogens with one attached hydrogen (secondary N) is 1. The van der Waals surface area contributed by atoms with Crippen LogP contribution in [0.4, 0.5) is 5.69 Å². The van der Waals surface area contributed by atoms with Crippen molar-refractivity contribution in [3.05, 3.63) is 59.7 Å². The molecule has 0 atom stereocenters. The number of para-hydroxylation sites is 1. The molecule has 7 nitrogen and oxygen atoms in total. The summed E-state index contributed by atoms with van der Waals surface area (Å²) in [5, 5.41) is 2.77. The highest BCUT2D eigenvalue weighted by molar-refractivity contribution is 7.89. The third-order valence-corrected chi connectivity index (χ3v) is 7.28. The monoisotopic (exact) mass is 429 g/mol. The summed E-state index contributed by atoms with van der Waals surface area (Å²) in [6.07, 6.45) is 1.96. The number of hydrogen-bond acceptors (Lipinski definition) is 4. The minimum Gasteiger partial charge on any atom is -0.339 e. The molecule has 2 aromatic rings. The number of likely N-dealkylation sites (tertiary alicyclic amines) is 1. The summed E-state index contributed by atoms with van der Waals surface area (Å²) in [6, 6.07) is 12.8. The molecule has 30 heavy (non-hydrogen) atoms. The number of nitrogens with zero attached hydrogens (tertiary/aromatic N) is 2. The van der Waals surface area contributed by atoms with E-state index in [1.807, 2.05) is 0 Å². The van der Waals surface area contributed by atoms with E-state index < -0.39 is 15.9 Å². The number of benzene rings is 2. The van der Waals surface area contributed by atoms with Gasteiger partial charge in [-0.25, -0.2) is 8.42 Å². The highest BCUT2D eigenvalue weighted by atomic mass is 32.2. The van der Waals surface area contributed by atoms with Crippen LogP contribution in [0.3, 0.4) is 0 Å². The molecule has 1 saturated heterocycles. The number of sulfonamides is 1. The predicted molar refractivity (Wildman–Crippen MR) is 116 cm³/mol. The molecule has 0 saturated carbocycles. The quantitative estimate of drug-likeness (QED) is 0.732. The number of amides is 2. The molecule has 0 unspecified atom stereocenters. The second-order valence-electron chi connectivity index (χ2n) is 7.12. The molecule has 0 radical (unpaired) electrons. The topological polar surface area (TPSA) is 86.8 Å². The molecule has 2 aromatic carbocycles. The molecule has 3 rings (SSSR count). The molecule has 0 aromatic heterocycles. The first-order valence-electron chi connectivity index (χ1n) is 10.2. The van der Waals surface area contributed by atoms with Crippen LogP contribution in [-0.2, 0) is 10.0 Å². The summed E-state index contributed by atoms with van der Waals surface area (Å²) in [5.74, 6) is -0.575. The van der Waals surface area contributed by atoms with Crippen molar-refractivity contribution in [2.75, 3.05) is 31.5 Å². The Labute approximate surface area is 177 Å². The zero-order valence-electron chi connectivity index (χ0n) is 17.3. The molecule has 1 aliphatic rings. The number of carbonyl (C=O) groups is 2. The van der Waals surface area contributed by atoms with Crippen molar-refractivity contribution >= 4 is 27.5 Å². The maximum absolute atomic E-state index is 12.9. The molecular weight excluding hydrogens is 402 g/mol. The largest absolute Gasteiger partial charge is 0.339 e. The molecule has 1 fully saturated rings. The van der Waals surface area contributed by atoms with Crippen LogP contribution in [0.25, 0.3) is 0 Å². The van der Waals surface area contributed by atoms with Crippen molar-refractivity contribution < 1.29 is 18.0 Å². The van der Waals surface area contributed by atoms with Crippen LogP contribution in [0.15, 0.2) is 53.4 Å². The standard InChI is InChI=1S/C22H27N3O4S/c1-3-25(4-2)30(28,29)18-11-9-10-17(16-18)21(26)23-20-13-6-5-12-19(20)22(27)24-14-7-8-15-24/h5-6,9-13,16H,3-4,7-8,14-15H2,1-2H3,(H,23,26). The van der Waals surface area contributed by atoms with Crippen LogP contribution in [0.5, 0.6) is 0 Å². The first-order valence-corrected chi connectivity index (χ1v) is 11.6. The summed E-state index contributed by atoms with van der Waals surface area (Å²) in [4.78, 5) is 27.5. The lowest BCUT2D eigenvalue weighted by molar-refractivity contribution is 0.0794. The van der Waals surface area contributed by atoms with Gasteiger partial charge in [-0.1, -0.05) is 32.0 Å². The first kappa shape index (κ1) is 22.0. The van der Waals surface area contributed by atoms with Crippen molar-refractivity contribution in [1.29, 1.82) is 0 Å². The van der Waals surface area contributed by atoms with Gasteiger partial charge in [0.1, 0.15) is 0 Å². The number of hydrogen-bond donors (Lipinski definition) is 1. The van der Waals surface area contributed by atoms with Crippen LogP contribution in [-0.4, -0.2) is 55.6 Å². The first-order chi connectivity index (χ1) is 14.4. The fraction of sp³-hybridized carbons (Fsp3) is 0.364. The van der Waals surface area contributed by atoms with Gasteiger partial charge in [0.2, 0.25) is 10.0 Å². The summed E-state index contributed by atoms with van der Waals surface area (Å²) in [5.41, 5.74) is 1.06. The summed E-state index contributed by atoms with van der Waals surface area (Å²) in [7, 11) is -3.67. The SMILES string of the molecule is CCN(CC)S(=O)(=O)c1cccc(C(=O)Nc2ccccc2C(=O)N2CCCC2)c1. The van der Waals surface area contributed by atoms with Crippen LogP contribution >= 0.6 is 0 Å². The molecule has 2 amide bonds. The minimum atomic E-state index is -3.67. The molecule has 160 valence electrons. The van der Waals surface area contributed by atoms with Crippen molar-refractivity contribution in [1.82, 2.24) is 9.21 Å². The molecule has 1 N–H and O–H groups in total. The molecule has 8 heteroatoms. The van der Waals surface area contributed by atoms with Gasteiger partial charge in [-0.05, 0) is 43.2 Å². The van der Waals surface area contributed by atoms with Gasteiger partial charge in [0.15, 0.2) is 0 Å². The molecule has 0 bridgehead atoms. The Kier molecular flexibility index (Phi) is 6.89. The minimum absolute atomic E-state index is 0.0697. The van der Waals surface area contributed by atoms with E-state index in [9.17, 15) is 18.0 Å². The number of anilines is 1. The molecule has 1 heterocycles. The lowest BCUT2D eigenvalue weighted by Crippen LogP contribution is -2.30. The lowest BCUT2D eigenvalue weighted by atomic mass is 10.1. The third kappa shape index (κ3) is 4.55. The van der Waals surface area contributed by atoms with Crippen LogP contribution in [0.1, 0.15) is 47.4 Å². The van der Waals surface area contributed by atoms with Gasteiger partial charge in [-0.2, -0.15) is 4.31 Å². The zero-order valence-corrected chi connectivity index (χ0v) is 18.1. The van der Waals surface area contributed by atoms with E-state index in [-0.39, 0.29) is 16.4 Å². The smallest absolute Gasteiger partial charge is 0.255 e. The molecular formula is C22H27N3O4S. The van der Waals surface area contributed by atoms with Gasteiger partial charge in [0.05, 0.1) is 16.1 Å². The Hall–Kier alpha value is -2.71. The van der Waals surface area contributed by atoms with Crippen molar-refractivity contribution in [2.45, 2.75) is 31.6 Å². The lowest BCUT2D eigenvalue weighted by Gasteiger charge is -2.19. The van der Waals surface area contributed by atoms with Gasteiger partial charge in [-0.3, -0.25) is 9.59 Å². The van der Waals surface area contributed by atoms with E-state index in [1.54, 1.807) is 55.1 Å². The van der Waals surface area contributed by atoms with E-state index in [2.05, 4.69) is 5.32 Å². The van der Waals surface area contributed by atoms with E-state index in [1.165, 1.54) is 16.4 Å². The Bertz CT molecular complexity index is 1030. The van der Waals surface area contributed by atoms with Crippen LogP contribution in [0, 0.1) is 0 Å². The maximum atomic E-state index is 12.9. The van der Waals surface area contributed by atoms with Gasteiger partial charge >= 0.3 is 0 Å². The Balaban J connectivity index is 1.85. The highest BCUT2D eigenvalue weighted by Crippen LogP contribution is 2.22. The normalized spacial score (nSPS) is 14.2. The van der Waals surface area contributed by atoms with E-state index in [0.717, 1.165) is 12.8 Å². The Morgan fingerprint density at radius 2 is 1.67 bits per heavy atom. The number of rotatable bonds is 7. The predicted octanol–water partition coefficient (Wildman–Crippen LogP) is 3.21. The Morgan fingerprint density at radius 1 is 1.00 bits per heavy atom.